The Kier molecular flexibility index (Phi) is 5.25. The largest absolute Gasteiger partial charge is 0.344 e. The van der Waals surface area contributed by atoms with E-state index >= 15 is 0 Å². The molecule has 1 atom stereocenters. The zero-order valence-corrected chi connectivity index (χ0v) is 14.3. The molecule has 1 saturated heterocycles. The molecule has 0 aromatic carbocycles. The number of anilines is 1. The number of piperidine rings is 1. The SMILES string of the molecule is C[C@H](NC(=O)c1nc(N2CCCCC2)ncc1Cl)c1ccncc1. The maximum atomic E-state index is 12.6. The van der Waals surface area contributed by atoms with E-state index in [0.717, 1.165) is 31.5 Å². The lowest BCUT2D eigenvalue weighted by atomic mass is 10.1. The lowest BCUT2D eigenvalue weighted by Crippen LogP contribution is -2.32. The van der Waals surface area contributed by atoms with Crippen molar-refractivity contribution in [1.82, 2.24) is 20.3 Å². The third-order valence-electron chi connectivity index (χ3n) is 4.14. The topological polar surface area (TPSA) is 71.0 Å². The first-order valence-corrected chi connectivity index (χ1v) is 8.51. The van der Waals surface area contributed by atoms with E-state index in [1.54, 1.807) is 12.4 Å². The Labute approximate surface area is 146 Å². The number of carbonyl (C=O) groups excluding carboxylic acids is 1. The van der Waals surface area contributed by atoms with Gasteiger partial charge in [0, 0.05) is 25.5 Å². The van der Waals surface area contributed by atoms with Gasteiger partial charge >= 0.3 is 0 Å². The van der Waals surface area contributed by atoms with Crippen LogP contribution < -0.4 is 10.2 Å². The predicted molar refractivity (Wildman–Crippen MR) is 93.2 cm³/mol. The molecular weight excluding hydrogens is 326 g/mol. The summed E-state index contributed by atoms with van der Waals surface area (Å²) in [6.07, 6.45) is 8.36. The van der Waals surface area contributed by atoms with Gasteiger partial charge in [0.05, 0.1) is 17.3 Å². The number of pyridine rings is 1. The molecule has 1 aliphatic heterocycles. The van der Waals surface area contributed by atoms with Crippen LogP contribution in [-0.4, -0.2) is 33.9 Å². The number of nitrogens with zero attached hydrogens (tertiary/aromatic N) is 4. The summed E-state index contributed by atoms with van der Waals surface area (Å²) >= 11 is 6.15. The number of amides is 1. The third kappa shape index (κ3) is 3.82. The van der Waals surface area contributed by atoms with E-state index in [1.807, 2.05) is 19.1 Å². The summed E-state index contributed by atoms with van der Waals surface area (Å²) in [5.41, 5.74) is 1.19. The van der Waals surface area contributed by atoms with Crippen LogP contribution >= 0.6 is 11.6 Å². The van der Waals surface area contributed by atoms with Gasteiger partial charge in [0.25, 0.3) is 5.91 Å². The number of carbonyl (C=O) groups is 1. The fraction of sp³-hybridized carbons (Fsp3) is 0.412. The minimum atomic E-state index is -0.301. The Balaban J connectivity index is 1.76. The van der Waals surface area contributed by atoms with Gasteiger partial charge in [-0.05, 0) is 43.9 Å². The van der Waals surface area contributed by atoms with Crippen molar-refractivity contribution in [2.75, 3.05) is 18.0 Å². The summed E-state index contributed by atoms with van der Waals surface area (Å²) in [7, 11) is 0. The molecule has 2 aromatic rings. The van der Waals surface area contributed by atoms with Crippen LogP contribution in [0.3, 0.4) is 0 Å². The highest BCUT2D eigenvalue weighted by molar-refractivity contribution is 6.33. The smallest absolute Gasteiger partial charge is 0.272 e. The first-order chi connectivity index (χ1) is 11.6. The van der Waals surface area contributed by atoms with Crippen molar-refractivity contribution < 1.29 is 4.79 Å². The summed E-state index contributed by atoms with van der Waals surface area (Å²) < 4.78 is 0. The normalized spacial score (nSPS) is 15.8. The van der Waals surface area contributed by atoms with E-state index in [0.29, 0.717) is 5.95 Å². The molecule has 24 heavy (non-hydrogen) atoms. The number of rotatable bonds is 4. The van der Waals surface area contributed by atoms with Crippen molar-refractivity contribution >= 4 is 23.5 Å². The van der Waals surface area contributed by atoms with Crippen LogP contribution in [0.2, 0.25) is 5.02 Å². The minimum absolute atomic E-state index is 0.162. The van der Waals surface area contributed by atoms with E-state index in [1.165, 1.54) is 12.6 Å². The van der Waals surface area contributed by atoms with Crippen molar-refractivity contribution in [3.05, 3.63) is 47.0 Å². The Morgan fingerprint density at radius 2 is 1.96 bits per heavy atom. The van der Waals surface area contributed by atoms with Gasteiger partial charge in [-0.15, -0.1) is 0 Å². The van der Waals surface area contributed by atoms with Crippen LogP contribution in [0, 0.1) is 0 Å². The molecule has 2 aromatic heterocycles. The van der Waals surface area contributed by atoms with Crippen molar-refractivity contribution in [3.8, 4) is 0 Å². The van der Waals surface area contributed by atoms with Crippen LogP contribution in [0.4, 0.5) is 5.95 Å². The van der Waals surface area contributed by atoms with E-state index in [9.17, 15) is 4.79 Å². The maximum Gasteiger partial charge on any atom is 0.272 e. The molecule has 1 aliphatic rings. The second kappa shape index (κ2) is 7.57. The molecule has 0 radical (unpaired) electrons. The van der Waals surface area contributed by atoms with E-state index in [2.05, 4.69) is 25.2 Å². The summed E-state index contributed by atoms with van der Waals surface area (Å²) in [6, 6.07) is 3.57. The summed E-state index contributed by atoms with van der Waals surface area (Å²) in [5, 5.41) is 3.18. The monoisotopic (exact) mass is 345 g/mol. The van der Waals surface area contributed by atoms with Crippen molar-refractivity contribution in [2.45, 2.75) is 32.2 Å². The zero-order chi connectivity index (χ0) is 16.9. The Bertz CT molecular complexity index is 703. The van der Waals surface area contributed by atoms with E-state index in [-0.39, 0.29) is 22.7 Å². The summed E-state index contributed by atoms with van der Waals surface area (Å²) in [4.78, 5) is 27.3. The second-order valence-electron chi connectivity index (χ2n) is 5.89. The van der Waals surface area contributed by atoms with Crippen LogP contribution in [0.5, 0.6) is 0 Å². The highest BCUT2D eigenvalue weighted by Gasteiger charge is 2.20. The molecule has 0 bridgehead atoms. The van der Waals surface area contributed by atoms with Gasteiger partial charge in [-0.1, -0.05) is 11.6 Å². The number of hydrogen-bond acceptors (Lipinski definition) is 5. The first kappa shape index (κ1) is 16.6. The Morgan fingerprint density at radius 1 is 1.25 bits per heavy atom. The average Bonchev–Trinajstić information content (AvgIpc) is 2.63. The fourth-order valence-corrected chi connectivity index (χ4v) is 2.94. The van der Waals surface area contributed by atoms with Gasteiger partial charge in [-0.25, -0.2) is 9.97 Å². The summed E-state index contributed by atoms with van der Waals surface area (Å²) in [6.45, 7) is 3.74. The van der Waals surface area contributed by atoms with Crippen LogP contribution in [-0.2, 0) is 0 Å². The van der Waals surface area contributed by atoms with Crippen LogP contribution in [0.15, 0.2) is 30.7 Å². The van der Waals surface area contributed by atoms with Gasteiger partial charge in [-0.2, -0.15) is 0 Å². The minimum Gasteiger partial charge on any atom is -0.344 e. The third-order valence-corrected chi connectivity index (χ3v) is 4.42. The molecule has 3 rings (SSSR count). The standard InChI is InChI=1S/C17H20ClN5O/c1-12(13-5-7-19-8-6-13)21-16(24)15-14(18)11-20-17(22-15)23-9-3-2-4-10-23/h5-8,11-12H,2-4,9-10H2,1H3,(H,21,24)/t12-/m0/s1. The van der Waals surface area contributed by atoms with Crippen molar-refractivity contribution in [3.63, 3.8) is 0 Å². The van der Waals surface area contributed by atoms with E-state index in [4.69, 9.17) is 11.6 Å². The van der Waals surface area contributed by atoms with Crippen LogP contribution in [0.25, 0.3) is 0 Å². The quantitative estimate of drug-likeness (QED) is 0.922. The molecular formula is C17H20ClN5O. The number of nitrogens with one attached hydrogen (secondary N) is 1. The number of aromatic nitrogens is 3. The van der Waals surface area contributed by atoms with E-state index < -0.39 is 0 Å². The number of halogens is 1. The van der Waals surface area contributed by atoms with Gasteiger partial charge < -0.3 is 10.2 Å². The molecule has 0 saturated carbocycles. The molecule has 1 N–H and O–H groups in total. The van der Waals surface area contributed by atoms with Crippen molar-refractivity contribution in [1.29, 1.82) is 0 Å². The Morgan fingerprint density at radius 3 is 2.67 bits per heavy atom. The maximum absolute atomic E-state index is 12.6. The second-order valence-corrected chi connectivity index (χ2v) is 6.30. The predicted octanol–water partition coefficient (Wildman–Crippen LogP) is 3.01. The molecule has 7 heteroatoms. The van der Waals surface area contributed by atoms with Crippen LogP contribution in [0.1, 0.15) is 48.3 Å². The average molecular weight is 346 g/mol. The molecule has 1 amide bonds. The lowest BCUT2D eigenvalue weighted by molar-refractivity contribution is 0.0935. The molecule has 1 fully saturated rings. The first-order valence-electron chi connectivity index (χ1n) is 8.13. The zero-order valence-electron chi connectivity index (χ0n) is 13.6. The molecule has 0 unspecified atom stereocenters. The van der Waals surface area contributed by atoms with Crippen molar-refractivity contribution in [2.24, 2.45) is 0 Å². The Hall–Kier alpha value is -2.21. The van der Waals surface area contributed by atoms with Gasteiger partial charge in [-0.3, -0.25) is 9.78 Å². The van der Waals surface area contributed by atoms with Gasteiger partial charge in [0.1, 0.15) is 0 Å². The molecule has 0 spiro atoms. The molecule has 6 nitrogen and oxygen atoms in total. The number of hydrogen-bond donors (Lipinski definition) is 1. The van der Waals surface area contributed by atoms with Gasteiger partial charge in [0.2, 0.25) is 5.95 Å². The highest BCUT2D eigenvalue weighted by Crippen LogP contribution is 2.20. The fourth-order valence-electron chi connectivity index (χ4n) is 2.76. The summed E-state index contributed by atoms with van der Waals surface area (Å²) in [5.74, 6) is 0.269. The molecule has 0 aliphatic carbocycles. The lowest BCUT2D eigenvalue weighted by Gasteiger charge is -2.26. The molecule has 3 heterocycles. The van der Waals surface area contributed by atoms with Gasteiger partial charge in [0.15, 0.2) is 5.69 Å². The highest BCUT2D eigenvalue weighted by atomic mass is 35.5. The molecule has 126 valence electrons.